The number of nitrogens with two attached hydrogens (primary N) is 1. The van der Waals surface area contributed by atoms with E-state index in [1.165, 1.54) is 5.56 Å². The summed E-state index contributed by atoms with van der Waals surface area (Å²) >= 11 is 0. The summed E-state index contributed by atoms with van der Waals surface area (Å²) in [6, 6.07) is 9.77. The molecule has 0 aliphatic rings. The van der Waals surface area contributed by atoms with Crippen LogP contribution in [0.5, 0.6) is 0 Å². The first-order chi connectivity index (χ1) is 10.1. The summed E-state index contributed by atoms with van der Waals surface area (Å²) in [6.45, 7) is 4.06. The van der Waals surface area contributed by atoms with E-state index in [9.17, 15) is 4.79 Å². The van der Waals surface area contributed by atoms with E-state index in [4.69, 9.17) is 5.73 Å². The summed E-state index contributed by atoms with van der Waals surface area (Å²) in [7, 11) is 0. The van der Waals surface area contributed by atoms with Gasteiger partial charge in [-0.15, -0.1) is 0 Å². The second-order valence-electron chi connectivity index (χ2n) is 5.42. The molecule has 5 heteroatoms. The number of nitrogens with one attached hydrogen (secondary N) is 1. The van der Waals surface area contributed by atoms with Crippen LogP contribution in [0.25, 0.3) is 0 Å². The monoisotopic (exact) mass is 286 g/mol. The summed E-state index contributed by atoms with van der Waals surface area (Å²) in [5.41, 5.74) is 7.81. The molecule has 1 heterocycles. The molecule has 3 N–H and O–H groups in total. The van der Waals surface area contributed by atoms with Crippen LogP contribution in [-0.2, 0) is 11.2 Å². The minimum Gasteiger partial charge on any atom is -0.322 e. The number of aromatic nitrogens is 2. The van der Waals surface area contributed by atoms with Crippen molar-refractivity contribution >= 4 is 11.6 Å². The van der Waals surface area contributed by atoms with Crippen molar-refractivity contribution in [1.29, 1.82) is 0 Å². The lowest BCUT2D eigenvalue weighted by Crippen LogP contribution is -2.35. The van der Waals surface area contributed by atoms with Gasteiger partial charge in [0.05, 0.1) is 17.9 Å². The molecular formula is C16H22N4O. The van der Waals surface area contributed by atoms with E-state index in [2.05, 4.69) is 10.4 Å². The molecule has 0 radical (unpaired) electrons. The van der Waals surface area contributed by atoms with Crippen LogP contribution in [0, 0.1) is 0 Å². The van der Waals surface area contributed by atoms with Crippen molar-refractivity contribution in [1.82, 2.24) is 9.78 Å². The van der Waals surface area contributed by atoms with Crippen molar-refractivity contribution in [2.75, 3.05) is 5.32 Å². The van der Waals surface area contributed by atoms with Gasteiger partial charge in [0.1, 0.15) is 0 Å². The predicted molar refractivity (Wildman–Crippen MR) is 84.0 cm³/mol. The van der Waals surface area contributed by atoms with Gasteiger partial charge in [0.2, 0.25) is 5.91 Å². The summed E-state index contributed by atoms with van der Waals surface area (Å²) < 4.78 is 1.80. The molecule has 0 saturated heterocycles. The Balaban J connectivity index is 1.84. The Morgan fingerprint density at radius 1 is 1.33 bits per heavy atom. The lowest BCUT2D eigenvalue weighted by atomic mass is 10.1. The Kier molecular flexibility index (Phi) is 5.11. The number of aryl methyl sites for hydroxylation is 1. The molecule has 0 saturated carbocycles. The van der Waals surface area contributed by atoms with Crippen molar-refractivity contribution in [2.45, 2.75) is 38.8 Å². The van der Waals surface area contributed by atoms with E-state index in [1.807, 2.05) is 50.4 Å². The smallest absolute Gasteiger partial charge is 0.241 e. The number of carbonyl (C=O) groups is 1. The average molecular weight is 286 g/mol. The van der Waals surface area contributed by atoms with Crippen LogP contribution in [0.3, 0.4) is 0 Å². The number of benzene rings is 1. The molecule has 2 aromatic rings. The van der Waals surface area contributed by atoms with Gasteiger partial charge in [0, 0.05) is 12.2 Å². The molecule has 1 atom stereocenters. The third-order valence-corrected chi connectivity index (χ3v) is 3.32. The van der Waals surface area contributed by atoms with Crippen molar-refractivity contribution in [3.05, 3.63) is 48.3 Å². The molecule has 1 aromatic heterocycles. The zero-order valence-corrected chi connectivity index (χ0v) is 12.5. The zero-order valence-electron chi connectivity index (χ0n) is 12.5. The van der Waals surface area contributed by atoms with Gasteiger partial charge in [0.25, 0.3) is 0 Å². The number of amides is 1. The van der Waals surface area contributed by atoms with Crippen molar-refractivity contribution < 1.29 is 4.79 Å². The predicted octanol–water partition coefficient (Wildman–Crippen LogP) is 2.36. The van der Waals surface area contributed by atoms with Crippen molar-refractivity contribution in [2.24, 2.45) is 5.73 Å². The van der Waals surface area contributed by atoms with Gasteiger partial charge >= 0.3 is 0 Å². The Labute approximate surface area is 125 Å². The first-order valence-corrected chi connectivity index (χ1v) is 7.21. The van der Waals surface area contributed by atoms with E-state index in [-0.39, 0.29) is 11.9 Å². The highest BCUT2D eigenvalue weighted by atomic mass is 16.2. The normalized spacial score (nSPS) is 12.4. The number of rotatable bonds is 6. The maximum Gasteiger partial charge on any atom is 0.241 e. The maximum atomic E-state index is 12.0. The Hall–Kier alpha value is -2.14. The molecule has 0 fully saturated rings. The molecule has 1 amide bonds. The fourth-order valence-corrected chi connectivity index (χ4v) is 2.02. The molecular weight excluding hydrogens is 264 g/mol. The quantitative estimate of drug-likeness (QED) is 0.856. The molecule has 0 aliphatic carbocycles. The van der Waals surface area contributed by atoms with Gasteiger partial charge < -0.3 is 11.1 Å². The second-order valence-corrected chi connectivity index (χ2v) is 5.42. The van der Waals surface area contributed by atoms with Gasteiger partial charge in [0.15, 0.2) is 0 Å². The van der Waals surface area contributed by atoms with Gasteiger partial charge in [-0.25, -0.2) is 0 Å². The number of carbonyl (C=O) groups excluding carboxylic acids is 1. The van der Waals surface area contributed by atoms with Crippen LogP contribution in [0.4, 0.5) is 5.69 Å². The third kappa shape index (κ3) is 4.43. The number of nitrogens with zero attached hydrogens (tertiary/aromatic N) is 2. The maximum absolute atomic E-state index is 12.0. The summed E-state index contributed by atoms with van der Waals surface area (Å²) in [4.78, 5) is 12.0. The van der Waals surface area contributed by atoms with Gasteiger partial charge in [-0.2, -0.15) is 5.10 Å². The molecule has 1 unspecified atom stereocenters. The van der Waals surface area contributed by atoms with E-state index >= 15 is 0 Å². The Morgan fingerprint density at radius 3 is 2.67 bits per heavy atom. The molecule has 1 aromatic carbocycles. The summed E-state index contributed by atoms with van der Waals surface area (Å²) in [6.07, 6.45) is 4.86. The van der Waals surface area contributed by atoms with Gasteiger partial charge in [-0.1, -0.05) is 30.3 Å². The molecule has 0 spiro atoms. The molecule has 0 aliphatic heterocycles. The Morgan fingerprint density at radius 2 is 2.05 bits per heavy atom. The van der Waals surface area contributed by atoms with Crippen LogP contribution in [0.15, 0.2) is 42.7 Å². The van der Waals surface area contributed by atoms with E-state index < -0.39 is 6.04 Å². The molecule has 0 bridgehead atoms. The zero-order chi connectivity index (χ0) is 15.2. The van der Waals surface area contributed by atoms with Crippen LogP contribution in [0.1, 0.15) is 31.9 Å². The Bertz CT molecular complexity index is 577. The molecule has 112 valence electrons. The average Bonchev–Trinajstić information content (AvgIpc) is 2.94. The highest BCUT2D eigenvalue weighted by molar-refractivity contribution is 5.94. The number of hydrogen-bond acceptors (Lipinski definition) is 3. The highest BCUT2D eigenvalue weighted by Crippen LogP contribution is 2.11. The third-order valence-electron chi connectivity index (χ3n) is 3.32. The van der Waals surface area contributed by atoms with E-state index in [0.29, 0.717) is 12.1 Å². The lowest BCUT2D eigenvalue weighted by molar-refractivity contribution is -0.117. The standard InChI is InChI=1S/C16H22N4O/c1-12(2)20-11-14(10-18-20)19-16(21)15(17)9-8-13-6-4-3-5-7-13/h3-7,10-12,15H,8-9,17H2,1-2H3,(H,19,21). The first-order valence-electron chi connectivity index (χ1n) is 7.21. The topological polar surface area (TPSA) is 72.9 Å². The van der Waals surface area contributed by atoms with E-state index in [1.54, 1.807) is 10.9 Å². The minimum absolute atomic E-state index is 0.172. The van der Waals surface area contributed by atoms with Crippen LogP contribution >= 0.6 is 0 Å². The fraction of sp³-hybridized carbons (Fsp3) is 0.375. The second kappa shape index (κ2) is 7.04. The van der Waals surface area contributed by atoms with Gasteiger partial charge in [-0.3, -0.25) is 9.48 Å². The van der Waals surface area contributed by atoms with Gasteiger partial charge in [-0.05, 0) is 32.3 Å². The molecule has 2 rings (SSSR count). The highest BCUT2D eigenvalue weighted by Gasteiger charge is 2.14. The fourth-order valence-electron chi connectivity index (χ4n) is 2.02. The lowest BCUT2D eigenvalue weighted by Gasteiger charge is -2.11. The van der Waals surface area contributed by atoms with Crippen LogP contribution in [0.2, 0.25) is 0 Å². The minimum atomic E-state index is -0.521. The van der Waals surface area contributed by atoms with Crippen LogP contribution in [-0.4, -0.2) is 21.7 Å². The largest absolute Gasteiger partial charge is 0.322 e. The van der Waals surface area contributed by atoms with Crippen molar-refractivity contribution in [3.8, 4) is 0 Å². The van der Waals surface area contributed by atoms with Crippen LogP contribution < -0.4 is 11.1 Å². The van der Waals surface area contributed by atoms with E-state index in [0.717, 1.165) is 6.42 Å². The summed E-state index contributed by atoms with van der Waals surface area (Å²) in [5.74, 6) is -0.172. The van der Waals surface area contributed by atoms with Crippen molar-refractivity contribution in [3.63, 3.8) is 0 Å². The first kappa shape index (κ1) is 15.3. The number of anilines is 1. The SMILES string of the molecule is CC(C)n1cc(NC(=O)C(N)CCc2ccccc2)cn1. The molecule has 5 nitrogen and oxygen atoms in total. The summed E-state index contributed by atoms with van der Waals surface area (Å²) in [5, 5.41) is 6.99. The number of hydrogen-bond donors (Lipinski definition) is 2. The molecule has 21 heavy (non-hydrogen) atoms.